The number of aliphatic carboxylic acids is 1. The van der Waals surface area contributed by atoms with Crippen molar-refractivity contribution in [3.8, 4) is 0 Å². The summed E-state index contributed by atoms with van der Waals surface area (Å²) in [6.07, 6.45) is 0.538. The molecule has 1 atom stereocenters. The Balaban J connectivity index is 1.98. The number of aliphatic imine (C=N–C) groups is 1. The molecule has 0 bridgehead atoms. The zero-order valence-corrected chi connectivity index (χ0v) is 9.72. The van der Waals surface area contributed by atoms with Crippen molar-refractivity contribution in [2.24, 2.45) is 4.99 Å². The predicted octanol–water partition coefficient (Wildman–Crippen LogP) is 2.01. The normalized spacial score (nSPS) is 18.6. The van der Waals surface area contributed by atoms with Crippen molar-refractivity contribution in [3.63, 3.8) is 0 Å². The van der Waals surface area contributed by atoms with Crippen LogP contribution < -0.4 is 0 Å². The number of hydrogen-bond donors (Lipinski definition) is 1. The molecule has 1 aromatic rings. The SMILES string of the molecule is Cc1ccccc1C1=NCC(CCC(=O)O)O1. The van der Waals surface area contributed by atoms with E-state index in [1.54, 1.807) is 0 Å². The molecular weight excluding hydrogens is 218 g/mol. The third-order valence-corrected chi connectivity index (χ3v) is 2.77. The van der Waals surface area contributed by atoms with E-state index in [0.717, 1.165) is 11.1 Å². The molecule has 0 fully saturated rings. The largest absolute Gasteiger partial charge is 0.481 e. The fourth-order valence-corrected chi connectivity index (χ4v) is 1.81. The van der Waals surface area contributed by atoms with E-state index in [0.29, 0.717) is 18.9 Å². The van der Waals surface area contributed by atoms with Gasteiger partial charge in [-0.1, -0.05) is 18.2 Å². The number of aryl methyl sites for hydroxylation is 1. The Labute approximate surface area is 99.9 Å². The lowest BCUT2D eigenvalue weighted by atomic mass is 10.1. The Morgan fingerprint density at radius 2 is 2.29 bits per heavy atom. The monoisotopic (exact) mass is 233 g/mol. The van der Waals surface area contributed by atoms with Gasteiger partial charge in [-0.2, -0.15) is 0 Å². The van der Waals surface area contributed by atoms with Gasteiger partial charge in [0.2, 0.25) is 5.90 Å². The van der Waals surface area contributed by atoms with Crippen molar-refractivity contribution in [1.82, 2.24) is 0 Å². The van der Waals surface area contributed by atoms with Gasteiger partial charge in [0.05, 0.1) is 6.54 Å². The summed E-state index contributed by atoms with van der Waals surface area (Å²) in [6.45, 7) is 2.56. The van der Waals surface area contributed by atoms with Crippen LogP contribution in [0, 0.1) is 6.92 Å². The maximum atomic E-state index is 10.5. The van der Waals surface area contributed by atoms with E-state index in [1.165, 1.54) is 0 Å². The Morgan fingerprint density at radius 1 is 1.53 bits per heavy atom. The second-order valence-electron chi connectivity index (χ2n) is 4.13. The van der Waals surface area contributed by atoms with Crippen LogP contribution in [0.1, 0.15) is 24.0 Å². The van der Waals surface area contributed by atoms with Gasteiger partial charge in [0.15, 0.2) is 0 Å². The first-order valence-corrected chi connectivity index (χ1v) is 5.65. The lowest BCUT2D eigenvalue weighted by Crippen LogP contribution is -2.15. The number of carbonyl (C=O) groups is 1. The highest BCUT2D eigenvalue weighted by molar-refractivity contribution is 5.96. The third-order valence-electron chi connectivity index (χ3n) is 2.77. The molecule has 0 aromatic heterocycles. The van der Waals surface area contributed by atoms with Gasteiger partial charge in [-0.3, -0.25) is 4.79 Å². The van der Waals surface area contributed by atoms with Crippen molar-refractivity contribution < 1.29 is 14.6 Å². The van der Waals surface area contributed by atoms with E-state index < -0.39 is 5.97 Å². The molecule has 0 saturated carbocycles. The van der Waals surface area contributed by atoms with E-state index >= 15 is 0 Å². The van der Waals surface area contributed by atoms with Gasteiger partial charge in [0.25, 0.3) is 0 Å². The molecular formula is C13H15NO3. The molecule has 1 unspecified atom stereocenters. The second kappa shape index (κ2) is 4.99. The van der Waals surface area contributed by atoms with Crippen molar-refractivity contribution in [3.05, 3.63) is 35.4 Å². The van der Waals surface area contributed by atoms with Crippen molar-refractivity contribution in [2.75, 3.05) is 6.54 Å². The van der Waals surface area contributed by atoms with Crippen LogP contribution in [0.15, 0.2) is 29.3 Å². The van der Waals surface area contributed by atoms with Crippen LogP contribution in [0.4, 0.5) is 0 Å². The van der Waals surface area contributed by atoms with Crippen LogP contribution in [0.2, 0.25) is 0 Å². The molecule has 0 aliphatic carbocycles. The Bertz CT molecular complexity index is 454. The molecule has 90 valence electrons. The van der Waals surface area contributed by atoms with Gasteiger partial charge < -0.3 is 9.84 Å². The highest BCUT2D eigenvalue weighted by Crippen LogP contribution is 2.18. The number of benzene rings is 1. The van der Waals surface area contributed by atoms with Crippen LogP contribution in [0.25, 0.3) is 0 Å². The molecule has 1 aromatic carbocycles. The Morgan fingerprint density at radius 3 is 3.00 bits per heavy atom. The van der Waals surface area contributed by atoms with E-state index in [2.05, 4.69) is 4.99 Å². The molecule has 1 heterocycles. The molecule has 17 heavy (non-hydrogen) atoms. The molecule has 4 nitrogen and oxygen atoms in total. The van der Waals surface area contributed by atoms with Crippen molar-refractivity contribution >= 4 is 11.9 Å². The summed E-state index contributed by atoms with van der Waals surface area (Å²) < 4.78 is 5.67. The summed E-state index contributed by atoms with van der Waals surface area (Å²) in [5.41, 5.74) is 2.11. The zero-order valence-electron chi connectivity index (χ0n) is 9.72. The summed E-state index contributed by atoms with van der Waals surface area (Å²) in [5, 5.41) is 8.61. The van der Waals surface area contributed by atoms with Crippen molar-refractivity contribution in [2.45, 2.75) is 25.9 Å². The zero-order chi connectivity index (χ0) is 12.3. The Hall–Kier alpha value is -1.84. The highest BCUT2D eigenvalue weighted by Gasteiger charge is 2.22. The average Bonchev–Trinajstić information content (AvgIpc) is 2.75. The van der Waals surface area contributed by atoms with Crippen LogP contribution in [0.3, 0.4) is 0 Å². The van der Waals surface area contributed by atoms with E-state index in [1.807, 2.05) is 31.2 Å². The van der Waals surface area contributed by atoms with Gasteiger partial charge in [0, 0.05) is 12.0 Å². The number of ether oxygens (including phenoxy) is 1. The van der Waals surface area contributed by atoms with Crippen LogP contribution >= 0.6 is 0 Å². The first kappa shape index (κ1) is 11.6. The first-order chi connectivity index (χ1) is 8.16. The number of carboxylic acids is 1. The Kier molecular flexibility index (Phi) is 3.42. The minimum absolute atomic E-state index is 0.0966. The summed E-state index contributed by atoms with van der Waals surface area (Å²) in [6, 6.07) is 7.88. The molecule has 0 spiro atoms. The average molecular weight is 233 g/mol. The minimum Gasteiger partial charge on any atom is -0.481 e. The quantitative estimate of drug-likeness (QED) is 0.865. The molecule has 4 heteroatoms. The number of rotatable bonds is 4. The summed E-state index contributed by atoms with van der Waals surface area (Å²) in [5.74, 6) is -0.156. The molecule has 1 N–H and O–H groups in total. The highest BCUT2D eigenvalue weighted by atomic mass is 16.5. The lowest BCUT2D eigenvalue weighted by molar-refractivity contribution is -0.137. The summed E-state index contributed by atoms with van der Waals surface area (Å²) in [7, 11) is 0. The smallest absolute Gasteiger partial charge is 0.303 e. The molecule has 2 rings (SSSR count). The summed E-state index contributed by atoms with van der Waals surface area (Å²) >= 11 is 0. The topological polar surface area (TPSA) is 58.9 Å². The second-order valence-corrected chi connectivity index (χ2v) is 4.13. The first-order valence-electron chi connectivity index (χ1n) is 5.65. The number of hydrogen-bond acceptors (Lipinski definition) is 3. The predicted molar refractivity (Wildman–Crippen MR) is 64.3 cm³/mol. The summed E-state index contributed by atoms with van der Waals surface area (Å²) in [4.78, 5) is 14.8. The third kappa shape index (κ3) is 2.84. The maximum absolute atomic E-state index is 10.5. The van der Waals surface area contributed by atoms with Crippen LogP contribution in [-0.4, -0.2) is 29.6 Å². The fraction of sp³-hybridized carbons (Fsp3) is 0.385. The minimum atomic E-state index is -0.794. The van der Waals surface area contributed by atoms with Gasteiger partial charge in [-0.15, -0.1) is 0 Å². The van der Waals surface area contributed by atoms with Crippen LogP contribution in [-0.2, 0) is 9.53 Å². The molecule has 0 radical (unpaired) electrons. The standard InChI is InChI=1S/C13H15NO3/c1-9-4-2-3-5-11(9)13-14-8-10(17-13)6-7-12(15)16/h2-5,10H,6-8H2,1H3,(H,15,16). The molecule has 0 saturated heterocycles. The number of carboxylic acid groups (broad SMARTS) is 1. The van der Waals surface area contributed by atoms with E-state index in [4.69, 9.17) is 9.84 Å². The van der Waals surface area contributed by atoms with Gasteiger partial charge in [0.1, 0.15) is 6.10 Å². The van der Waals surface area contributed by atoms with Crippen molar-refractivity contribution in [1.29, 1.82) is 0 Å². The number of nitrogens with zero attached hydrogens (tertiary/aromatic N) is 1. The molecule has 1 aliphatic heterocycles. The van der Waals surface area contributed by atoms with E-state index in [9.17, 15) is 4.79 Å². The molecule has 0 amide bonds. The maximum Gasteiger partial charge on any atom is 0.303 e. The van der Waals surface area contributed by atoms with Gasteiger partial charge in [-0.05, 0) is 25.0 Å². The molecule has 1 aliphatic rings. The van der Waals surface area contributed by atoms with Crippen LogP contribution in [0.5, 0.6) is 0 Å². The lowest BCUT2D eigenvalue weighted by Gasteiger charge is -2.11. The van der Waals surface area contributed by atoms with E-state index in [-0.39, 0.29) is 12.5 Å². The van der Waals surface area contributed by atoms with Gasteiger partial charge >= 0.3 is 5.97 Å². The van der Waals surface area contributed by atoms with Gasteiger partial charge in [-0.25, -0.2) is 4.99 Å². The fourth-order valence-electron chi connectivity index (χ4n) is 1.81.